The highest BCUT2D eigenvalue weighted by Crippen LogP contribution is 2.35. The summed E-state index contributed by atoms with van der Waals surface area (Å²) in [6.45, 7) is -0.605. The fraction of sp³-hybridized carbons (Fsp3) is 0.120. The third-order valence-corrected chi connectivity index (χ3v) is 6.44. The summed E-state index contributed by atoms with van der Waals surface area (Å²) in [7, 11) is 1.17. The van der Waals surface area contributed by atoms with E-state index in [0.717, 1.165) is 17.0 Å². The van der Waals surface area contributed by atoms with E-state index >= 15 is 0 Å². The maximum Gasteiger partial charge on any atom is 0.416 e. The Hall–Kier alpha value is -4.03. The van der Waals surface area contributed by atoms with Crippen molar-refractivity contribution in [2.75, 3.05) is 19.0 Å². The lowest BCUT2D eigenvalue weighted by Crippen LogP contribution is -2.36. The Labute approximate surface area is 222 Å². The lowest BCUT2D eigenvalue weighted by molar-refractivity contribution is -0.137. The molecule has 0 spiro atoms. The van der Waals surface area contributed by atoms with Gasteiger partial charge in [-0.1, -0.05) is 23.7 Å². The normalized spacial score (nSPS) is 14.8. The highest BCUT2D eigenvalue weighted by atomic mass is 35.5. The van der Waals surface area contributed by atoms with Crippen molar-refractivity contribution in [2.45, 2.75) is 6.18 Å². The molecule has 0 bridgehead atoms. The zero-order chi connectivity index (χ0) is 27.6. The molecule has 0 aliphatic carbocycles. The van der Waals surface area contributed by atoms with Crippen LogP contribution in [0.4, 0.5) is 23.7 Å². The van der Waals surface area contributed by atoms with Gasteiger partial charge in [0, 0.05) is 17.3 Å². The molecule has 0 radical (unpaired) electrons. The number of imide groups is 1. The zero-order valence-corrected chi connectivity index (χ0v) is 20.9. The molecule has 38 heavy (non-hydrogen) atoms. The van der Waals surface area contributed by atoms with Crippen molar-refractivity contribution in [3.05, 3.63) is 81.4 Å². The molecule has 2 heterocycles. The predicted octanol–water partition coefficient (Wildman–Crippen LogP) is 6.08. The SMILES string of the molecule is COC(=O)c1cc(NC(=O)CN2C(=O)S/C(=C/c3ccc(-c4cccc(C(F)(F)F)c4)o3)C2=O)ccc1Cl. The van der Waals surface area contributed by atoms with Gasteiger partial charge in [0.15, 0.2) is 0 Å². The molecule has 8 nitrogen and oxygen atoms in total. The smallest absolute Gasteiger partial charge is 0.416 e. The van der Waals surface area contributed by atoms with Crippen molar-refractivity contribution >= 4 is 58.1 Å². The standard InChI is InChI=1S/C25H16ClF3N2O6S/c1-36-23(34)17-10-15(5-7-18(17)26)30-21(32)12-31-22(33)20(38-24(31)35)11-16-6-8-19(37-16)13-3-2-4-14(9-13)25(27,28)29/h2-11H,12H2,1H3,(H,30,32)/b20-11+. The van der Waals surface area contributed by atoms with Crippen LogP contribution < -0.4 is 5.32 Å². The Morgan fingerprint density at radius 2 is 1.89 bits per heavy atom. The molecule has 0 unspecified atom stereocenters. The largest absolute Gasteiger partial charge is 0.465 e. The summed E-state index contributed by atoms with van der Waals surface area (Å²) in [4.78, 5) is 50.1. The van der Waals surface area contributed by atoms with E-state index in [4.69, 9.17) is 16.0 Å². The molecule has 1 N–H and O–H groups in total. The van der Waals surface area contributed by atoms with Gasteiger partial charge in [-0.25, -0.2) is 4.79 Å². The molecule has 13 heteroatoms. The Morgan fingerprint density at radius 3 is 2.61 bits per heavy atom. The summed E-state index contributed by atoms with van der Waals surface area (Å²) in [6, 6.07) is 11.5. The van der Waals surface area contributed by atoms with Gasteiger partial charge in [-0.2, -0.15) is 13.2 Å². The molecular weight excluding hydrogens is 549 g/mol. The second-order valence-corrected chi connectivity index (χ2v) is 9.18. The number of carbonyl (C=O) groups is 4. The van der Waals surface area contributed by atoms with Gasteiger partial charge in [0.25, 0.3) is 11.1 Å². The van der Waals surface area contributed by atoms with E-state index in [-0.39, 0.29) is 38.3 Å². The van der Waals surface area contributed by atoms with Gasteiger partial charge >= 0.3 is 12.1 Å². The average Bonchev–Trinajstić information content (AvgIpc) is 3.44. The Balaban J connectivity index is 1.45. The summed E-state index contributed by atoms with van der Waals surface area (Å²) >= 11 is 6.53. The molecule has 1 fully saturated rings. The van der Waals surface area contributed by atoms with E-state index in [0.29, 0.717) is 11.8 Å². The summed E-state index contributed by atoms with van der Waals surface area (Å²) < 4.78 is 49.2. The number of thioether (sulfide) groups is 1. The van der Waals surface area contributed by atoms with Crippen LogP contribution in [0, 0.1) is 0 Å². The number of ether oxygens (including phenoxy) is 1. The summed E-state index contributed by atoms with van der Waals surface area (Å²) in [5.74, 6) is -1.91. The Bertz CT molecular complexity index is 1480. The molecule has 196 valence electrons. The number of methoxy groups -OCH3 is 1. The topological polar surface area (TPSA) is 106 Å². The van der Waals surface area contributed by atoms with Crippen molar-refractivity contribution in [1.82, 2.24) is 4.90 Å². The minimum absolute atomic E-state index is 0.0176. The molecule has 3 aromatic rings. The summed E-state index contributed by atoms with van der Waals surface area (Å²) in [6.07, 6.45) is -3.25. The van der Waals surface area contributed by atoms with Crippen molar-refractivity contribution in [3.63, 3.8) is 0 Å². The predicted molar refractivity (Wildman–Crippen MR) is 133 cm³/mol. The maximum absolute atomic E-state index is 13.0. The number of benzene rings is 2. The molecule has 0 atom stereocenters. The van der Waals surface area contributed by atoms with E-state index in [1.165, 1.54) is 55.7 Å². The van der Waals surface area contributed by atoms with Crippen LogP contribution in [0.2, 0.25) is 5.02 Å². The second-order valence-electron chi connectivity index (χ2n) is 7.78. The van der Waals surface area contributed by atoms with Crippen LogP contribution in [0.3, 0.4) is 0 Å². The van der Waals surface area contributed by atoms with Gasteiger partial charge in [-0.05, 0) is 54.2 Å². The molecule has 3 amide bonds. The second kappa shape index (κ2) is 10.8. The van der Waals surface area contributed by atoms with Gasteiger partial charge in [0.1, 0.15) is 18.1 Å². The molecule has 1 aliphatic rings. The number of hydrogen-bond acceptors (Lipinski definition) is 7. The fourth-order valence-corrected chi connectivity index (χ4v) is 4.43. The van der Waals surface area contributed by atoms with Crippen molar-refractivity contribution < 1.29 is 41.5 Å². The van der Waals surface area contributed by atoms with Crippen LogP contribution in [-0.2, 0) is 20.5 Å². The number of nitrogens with one attached hydrogen (secondary N) is 1. The van der Waals surface area contributed by atoms with E-state index < -0.39 is 41.3 Å². The monoisotopic (exact) mass is 564 g/mol. The van der Waals surface area contributed by atoms with E-state index in [1.54, 1.807) is 0 Å². The Morgan fingerprint density at radius 1 is 1.13 bits per heavy atom. The quantitative estimate of drug-likeness (QED) is 0.286. The number of rotatable bonds is 6. The Kier molecular flexibility index (Phi) is 7.65. The number of hydrogen-bond donors (Lipinski definition) is 1. The highest BCUT2D eigenvalue weighted by molar-refractivity contribution is 8.18. The number of carbonyl (C=O) groups excluding carboxylic acids is 4. The third kappa shape index (κ3) is 5.92. The number of furan rings is 1. The summed E-state index contributed by atoms with van der Waals surface area (Å²) in [5, 5.41) is 1.89. The molecule has 0 saturated carbocycles. The summed E-state index contributed by atoms with van der Waals surface area (Å²) in [5.41, 5.74) is -0.446. The third-order valence-electron chi connectivity index (χ3n) is 5.21. The maximum atomic E-state index is 13.0. The van der Waals surface area contributed by atoms with Crippen LogP contribution in [0.25, 0.3) is 17.4 Å². The van der Waals surface area contributed by atoms with Gasteiger partial charge in [0.2, 0.25) is 5.91 Å². The first-order chi connectivity index (χ1) is 18.0. The van der Waals surface area contributed by atoms with Crippen LogP contribution in [0.15, 0.2) is 63.9 Å². The zero-order valence-electron chi connectivity index (χ0n) is 19.3. The molecular formula is C25H16ClF3N2O6S. The van der Waals surface area contributed by atoms with Crippen LogP contribution in [-0.4, -0.2) is 41.6 Å². The van der Waals surface area contributed by atoms with E-state index in [1.807, 2.05) is 0 Å². The van der Waals surface area contributed by atoms with Crippen molar-refractivity contribution in [3.8, 4) is 11.3 Å². The van der Waals surface area contributed by atoms with Gasteiger partial charge in [0.05, 0.1) is 28.2 Å². The lowest BCUT2D eigenvalue weighted by Gasteiger charge is -2.13. The molecule has 1 saturated heterocycles. The molecule has 2 aromatic carbocycles. The van der Waals surface area contributed by atoms with Crippen LogP contribution >= 0.6 is 23.4 Å². The average molecular weight is 565 g/mol. The van der Waals surface area contributed by atoms with Crippen LogP contribution in [0.1, 0.15) is 21.7 Å². The number of esters is 1. The first-order valence-electron chi connectivity index (χ1n) is 10.7. The molecule has 4 rings (SSSR count). The number of nitrogens with zero attached hydrogens (tertiary/aromatic N) is 1. The first-order valence-corrected chi connectivity index (χ1v) is 11.9. The minimum atomic E-state index is -4.52. The lowest BCUT2D eigenvalue weighted by atomic mass is 10.1. The number of anilines is 1. The number of alkyl halides is 3. The first kappa shape index (κ1) is 27.0. The number of amides is 3. The van der Waals surface area contributed by atoms with E-state index in [2.05, 4.69) is 10.1 Å². The van der Waals surface area contributed by atoms with Gasteiger partial charge < -0.3 is 14.5 Å². The van der Waals surface area contributed by atoms with Gasteiger partial charge in [-0.3, -0.25) is 19.3 Å². The highest BCUT2D eigenvalue weighted by Gasteiger charge is 2.36. The minimum Gasteiger partial charge on any atom is -0.465 e. The fourth-order valence-electron chi connectivity index (χ4n) is 3.41. The van der Waals surface area contributed by atoms with Crippen molar-refractivity contribution in [2.24, 2.45) is 0 Å². The molecule has 1 aromatic heterocycles. The van der Waals surface area contributed by atoms with E-state index in [9.17, 15) is 32.3 Å². The van der Waals surface area contributed by atoms with Crippen LogP contribution in [0.5, 0.6) is 0 Å². The molecule has 1 aliphatic heterocycles. The van der Waals surface area contributed by atoms with Gasteiger partial charge in [-0.15, -0.1) is 0 Å². The van der Waals surface area contributed by atoms with Crippen molar-refractivity contribution in [1.29, 1.82) is 0 Å². The number of halogens is 4.